The van der Waals surface area contributed by atoms with Gasteiger partial charge in [0.2, 0.25) is 0 Å². The highest BCUT2D eigenvalue weighted by molar-refractivity contribution is 9.09. The van der Waals surface area contributed by atoms with Gasteiger partial charge in [0.1, 0.15) is 0 Å². The molecule has 0 bridgehead atoms. The van der Waals surface area contributed by atoms with Gasteiger partial charge in [-0.3, -0.25) is 0 Å². The van der Waals surface area contributed by atoms with E-state index >= 15 is 0 Å². The van der Waals surface area contributed by atoms with E-state index < -0.39 is 12.6 Å². The number of hydrogen-bond acceptors (Lipinski definition) is 1. The maximum absolute atomic E-state index is 12.0. The van der Waals surface area contributed by atoms with E-state index in [4.69, 9.17) is 4.74 Å². The Hall–Kier alpha value is 0.230. The third-order valence-electron chi connectivity index (χ3n) is 4.14. The van der Waals surface area contributed by atoms with Crippen LogP contribution in [-0.4, -0.2) is 23.7 Å². The van der Waals surface area contributed by atoms with E-state index in [1.165, 1.54) is 12.8 Å². The van der Waals surface area contributed by atoms with Gasteiger partial charge in [-0.1, -0.05) is 28.8 Å². The molecule has 0 amide bonds. The second-order valence-electron chi connectivity index (χ2n) is 5.22. The molecule has 5 heteroatoms. The molecule has 2 saturated carbocycles. The second-order valence-corrected chi connectivity index (χ2v) is 6.33. The molecule has 2 atom stereocenters. The van der Waals surface area contributed by atoms with Gasteiger partial charge >= 0.3 is 6.18 Å². The average Bonchev–Trinajstić information content (AvgIpc) is 2.72. The average molecular weight is 315 g/mol. The lowest BCUT2D eigenvalue weighted by molar-refractivity contribution is -0.146. The normalized spacial score (nSPS) is 31.8. The Kier molecular flexibility index (Phi) is 4.08. The van der Waals surface area contributed by atoms with Gasteiger partial charge in [-0.15, -0.1) is 0 Å². The molecule has 0 aliphatic heterocycles. The fraction of sp³-hybridized carbons (Fsp3) is 1.00. The Morgan fingerprint density at radius 3 is 2.41 bits per heavy atom. The second kappa shape index (κ2) is 5.08. The van der Waals surface area contributed by atoms with Gasteiger partial charge < -0.3 is 4.74 Å². The fourth-order valence-corrected chi connectivity index (χ4v) is 4.19. The van der Waals surface area contributed by atoms with Crippen molar-refractivity contribution in [2.24, 2.45) is 5.41 Å². The van der Waals surface area contributed by atoms with Crippen LogP contribution in [0.3, 0.4) is 0 Å². The smallest absolute Gasteiger partial charge is 0.378 e. The van der Waals surface area contributed by atoms with Crippen molar-refractivity contribution in [1.29, 1.82) is 0 Å². The molecule has 100 valence electrons. The van der Waals surface area contributed by atoms with Crippen molar-refractivity contribution in [1.82, 2.24) is 0 Å². The lowest BCUT2D eigenvalue weighted by Gasteiger charge is -2.51. The third kappa shape index (κ3) is 2.98. The number of ether oxygens (including phenoxy) is 1. The maximum Gasteiger partial charge on any atom is 0.389 e. The Morgan fingerprint density at radius 1 is 1.24 bits per heavy atom. The van der Waals surface area contributed by atoms with Crippen LogP contribution in [0.25, 0.3) is 0 Å². The molecule has 0 aromatic carbocycles. The van der Waals surface area contributed by atoms with Crippen LogP contribution in [0.15, 0.2) is 0 Å². The Bertz CT molecular complexity index is 261. The molecule has 2 fully saturated rings. The molecule has 2 aliphatic rings. The van der Waals surface area contributed by atoms with Crippen LogP contribution in [0.2, 0.25) is 0 Å². The van der Waals surface area contributed by atoms with E-state index in [0.29, 0.717) is 4.83 Å². The molecule has 2 unspecified atom stereocenters. The molecule has 2 aliphatic carbocycles. The SMILES string of the molecule is FC(F)(F)CCCOC1CC(Br)C12CCCC2. The summed E-state index contributed by atoms with van der Waals surface area (Å²) < 4.78 is 41.6. The summed E-state index contributed by atoms with van der Waals surface area (Å²) in [6.45, 7) is 0.242. The molecule has 0 radical (unpaired) electrons. The lowest BCUT2D eigenvalue weighted by atomic mass is 9.64. The van der Waals surface area contributed by atoms with Gasteiger partial charge in [-0.2, -0.15) is 13.2 Å². The summed E-state index contributed by atoms with van der Waals surface area (Å²) in [5, 5.41) is 0. The van der Waals surface area contributed by atoms with Gasteiger partial charge in [-0.05, 0) is 25.7 Å². The van der Waals surface area contributed by atoms with Gasteiger partial charge in [0.15, 0.2) is 0 Å². The lowest BCUT2D eigenvalue weighted by Crippen LogP contribution is -2.53. The van der Waals surface area contributed by atoms with E-state index in [1.807, 2.05) is 0 Å². The van der Waals surface area contributed by atoms with Crippen LogP contribution < -0.4 is 0 Å². The predicted molar refractivity (Wildman–Crippen MR) is 63.3 cm³/mol. The summed E-state index contributed by atoms with van der Waals surface area (Å²) in [6, 6.07) is 0. The fourth-order valence-electron chi connectivity index (χ4n) is 3.10. The Morgan fingerprint density at radius 2 is 1.88 bits per heavy atom. The van der Waals surface area contributed by atoms with Crippen LogP contribution in [0.5, 0.6) is 0 Å². The van der Waals surface area contributed by atoms with Crippen molar-refractivity contribution in [3.63, 3.8) is 0 Å². The Balaban J connectivity index is 1.70. The summed E-state index contributed by atoms with van der Waals surface area (Å²) in [7, 11) is 0. The van der Waals surface area contributed by atoms with Crippen LogP contribution in [0.1, 0.15) is 44.9 Å². The molecular formula is C12H18BrF3O. The van der Waals surface area contributed by atoms with E-state index in [2.05, 4.69) is 15.9 Å². The first-order valence-corrected chi connectivity index (χ1v) is 7.18. The highest BCUT2D eigenvalue weighted by Crippen LogP contribution is 2.57. The van der Waals surface area contributed by atoms with Crippen molar-refractivity contribution in [3.05, 3.63) is 0 Å². The summed E-state index contributed by atoms with van der Waals surface area (Å²) in [5.74, 6) is 0. The molecule has 1 nitrogen and oxygen atoms in total. The van der Waals surface area contributed by atoms with Gasteiger partial charge in [0.25, 0.3) is 0 Å². The first-order valence-electron chi connectivity index (χ1n) is 6.26. The molecule has 0 heterocycles. The quantitative estimate of drug-likeness (QED) is 0.550. The number of halogens is 4. The maximum atomic E-state index is 12.0. The van der Waals surface area contributed by atoms with E-state index in [1.54, 1.807) is 0 Å². The molecule has 2 rings (SSSR count). The number of rotatable bonds is 4. The van der Waals surface area contributed by atoms with Gasteiger partial charge in [0.05, 0.1) is 6.10 Å². The zero-order chi connectivity index (χ0) is 12.5. The third-order valence-corrected chi connectivity index (χ3v) is 5.43. The summed E-state index contributed by atoms with van der Waals surface area (Å²) in [6.07, 6.45) is 1.21. The molecule has 0 aromatic rings. The summed E-state index contributed by atoms with van der Waals surface area (Å²) >= 11 is 3.67. The molecule has 1 spiro atoms. The van der Waals surface area contributed by atoms with Crippen molar-refractivity contribution >= 4 is 15.9 Å². The first-order chi connectivity index (χ1) is 7.94. The van der Waals surface area contributed by atoms with Crippen LogP contribution in [0, 0.1) is 5.41 Å². The van der Waals surface area contributed by atoms with E-state index in [9.17, 15) is 13.2 Å². The minimum Gasteiger partial charge on any atom is -0.378 e. The minimum atomic E-state index is -4.05. The molecule has 0 N–H and O–H groups in total. The highest BCUT2D eigenvalue weighted by Gasteiger charge is 2.55. The Labute approximate surface area is 108 Å². The minimum absolute atomic E-state index is 0.0863. The molecule has 0 aromatic heterocycles. The molecule has 0 saturated heterocycles. The van der Waals surface area contributed by atoms with Crippen molar-refractivity contribution < 1.29 is 17.9 Å². The monoisotopic (exact) mass is 314 g/mol. The predicted octanol–water partition coefficient (Wildman–Crippen LogP) is 4.44. The van der Waals surface area contributed by atoms with Gasteiger partial charge in [-0.25, -0.2) is 0 Å². The van der Waals surface area contributed by atoms with E-state index in [-0.39, 0.29) is 24.5 Å². The van der Waals surface area contributed by atoms with Crippen LogP contribution in [0.4, 0.5) is 13.2 Å². The van der Waals surface area contributed by atoms with Crippen LogP contribution >= 0.6 is 15.9 Å². The number of alkyl halides is 4. The molecule has 17 heavy (non-hydrogen) atoms. The van der Waals surface area contributed by atoms with E-state index in [0.717, 1.165) is 19.3 Å². The largest absolute Gasteiger partial charge is 0.389 e. The van der Waals surface area contributed by atoms with Crippen molar-refractivity contribution in [2.45, 2.75) is 62.1 Å². The van der Waals surface area contributed by atoms with Crippen molar-refractivity contribution in [2.75, 3.05) is 6.61 Å². The number of hydrogen-bond donors (Lipinski definition) is 0. The summed E-state index contributed by atoms with van der Waals surface area (Å²) in [4.78, 5) is 0.505. The van der Waals surface area contributed by atoms with Crippen LogP contribution in [-0.2, 0) is 4.74 Å². The van der Waals surface area contributed by atoms with Gasteiger partial charge in [0, 0.05) is 23.3 Å². The highest BCUT2D eigenvalue weighted by atomic mass is 79.9. The van der Waals surface area contributed by atoms with Crippen molar-refractivity contribution in [3.8, 4) is 0 Å². The topological polar surface area (TPSA) is 9.23 Å². The standard InChI is InChI=1S/C12H18BrF3O/c13-9-8-10(11(9)4-1-2-5-11)17-7-3-6-12(14,15)16/h9-10H,1-8H2. The zero-order valence-electron chi connectivity index (χ0n) is 9.73. The first kappa shape index (κ1) is 13.7. The zero-order valence-corrected chi connectivity index (χ0v) is 11.3. The molecular weight excluding hydrogens is 297 g/mol. The summed E-state index contributed by atoms with van der Waals surface area (Å²) in [5.41, 5.74) is 0.234.